The van der Waals surface area contributed by atoms with E-state index in [1.165, 1.54) is 34.7 Å². The summed E-state index contributed by atoms with van der Waals surface area (Å²) in [6.07, 6.45) is 1.24. The molecule has 0 fully saturated rings. The van der Waals surface area contributed by atoms with Crippen molar-refractivity contribution in [2.24, 2.45) is 5.92 Å². The monoisotopic (exact) mass is 580 g/mol. The number of aliphatic hydroxyl groups excluding tert-OH is 1. The van der Waals surface area contributed by atoms with Crippen LogP contribution in [0.4, 0.5) is 4.79 Å². The Morgan fingerprint density at radius 3 is 2.12 bits per heavy atom. The molecule has 1 atom stereocenters. The molecule has 3 aromatic carbocycles. The van der Waals surface area contributed by atoms with Gasteiger partial charge in [0.05, 0.1) is 18.6 Å². The van der Waals surface area contributed by atoms with Crippen molar-refractivity contribution >= 4 is 16.1 Å². The predicted octanol–water partition coefficient (Wildman–Crippen LogP) is 5.41. The molecule has 4 rings (SSSR count). The van der Waals surface area contributed by atoms with Gasteiger partial charge in [-0.25, -0.2) is 13.2 Å². The van der Waals surface area contributed by atoms with Crippen molar-refractivity contribution in [3.63, 3.8) is 0 Å². The van der Waals surface area contributed by atoms with Crippen LogP contribution >= 0.6 is 0 Å². The molecule has 0 aromatic heterocycles. The van der Waals surface area contributed by atoms with E-state index in [-0.39, 0.29) is 36.5 Å². The third-order valence-corrected chi connectivity index (χ3v) is 9.34. The summed E-state index contributed by atoms with van der Waals surface area (Å²) < 4.78 is 39.1. The minimum Gasteiger partial charge on any atom is -0.497 e. The second kappa shape index (κ2) is 14.0. The Morgan fingerprint density at radius 1 is 0.951 bits per heavy atom. The summed E-state index contributed by atoms with van der Waals surface area (Å²) in [5.41, 5.74) is 4.67. The Labute approximate surface area is 243 Å². The fourth-order valence-electron chi connectivity index (χ4n) is 5.36. The van der Waals surface area contributed by atoms with Gasteiger partial charge >= 0.3 is 6.09 Å². The minimum absolute atomic E-state index is 0.00180. The molecule has 0 aliphatic heterocycles. The van der Waals surface area contributed by atoms with Crippen molar-refractivity contribution in [3.8, 4) is 16.9 Å². The lowest BCUT2D eigenvalue weighted by molar-refractivity contribution is 0.142. The maximum Gasteiger partial charge on any atom is 0.407 e. The first-order valence-corrected chi connectivity index (χ1v) is 15.6. The second-order valence-corrected chi connectivity index (χ2v) is 12.6. The van der Waals surface area contributed by atoms with E-state index in [1.54, 1.807) is 12.1 Å². The molecule has 0 unspecified atom stereocenters. The number of hydrogen-bond donors (Lipinski definition) is 2. The van der Waals surface area contributed by atoms with Crippen LogP contribution in [-0.2, 0) is 14.8 Å². The molecule has 8 nitrogen and oxygen atoms in total. The standard InChI is InChI=1S/C32H40N2O6S/c1-23(2)20-34(41(37,38)26-17-15-25(39-3)16-18-26)24(21-35)10-8-9-19-33-32(36)40-22-31-29-13-6-4-11-27(29)28-12-5-7-14-30(28)31/h4-7,11-18,23-24,31,35H,8-10,19-22H2,1-3H3,(H,33,36)/t24-/m0/s1. The number of alkyl carbamates (subject to hydrolysis) is 1. The number of fused-ring (bicyclic) bond motifs is 3. The molecule has 1 aliphatic carbocycles. The molecule has 0 saturated heterocycles. The van der Waals surface area contributed by atoms with Gasteiger partial charge in [-0.1, -0.05) is 68.8 Å². The third kappa shape index (κ3) is 7.28. The van der Waals surface area contributed by atoms with Gasteiger partial charge in [0.2, 0.25) is 10.0 Å². The topological polar surface area (TPSA) is 105 Å². The number of nitrogens with zero attached hydrogens (tertiary/aromatic N) is 1. The minimum atomic E-state index is -3.82. The van der Waals surface area contributed by atoms with Gasteiger partial charge in [0.25, 0.3) is 0 Å². The van der Waals surface area contributed by atoms with Gasteiger partial charge in [-0.3, -0.25) is 0 Å². The third-order valence-electron chi connectivity index (χ3n) is 7.41. The molecule has 0 radical (unpaired) electrons. The first-order chi connectivity index (χ1) is 19.8. The summed E-state index contributed by atoms with van der Waals surface area (Å²) in [5.74, 6) is 0.646. The number of benzene rings is 3. The van der Waals surface area contributed by atoms with Crippen LogP contribution in [0.5, 0.6) is 5.75 Å². The smallest absolute Gasteiger partial charge is 0.407 e. The Bertz CT molecular complexity index is 1360. The molecule has 0 heterocycles. The number of ether oxygens (including phenoxy) is 2. The fraction of sp³-hybridized carbons (Fsp3) is 0.406. The van der Waals surface area contributed by atoms with Crippen LogP contribution < -0.4 is 10.1 Å². The van der Waals surface area contributed by atoms with Crippen LogP contribution in [0.15, 0.2) is 77.7 Å². The SMILES string of the molecule is COc1ccc(S(=O)(=O)N(CC(C)C)[C@H](CO)CCCCNC(=O)OCC2c3ccccc3-c3ccccc32)cc1. The lowest BCUT2D eigenvalue weighted by Crippen LogP contribution is -2.44. The van der Waals surface area contributed by atoms with E-state index in [1.807, 2.05) is 38.1 Å². The van der Waals surface area contributed by atoms with Gasteiger partial charge < -0.3 is 19.9 Å². The van der Waals surface area contributed by atoms with Crippen LogP contribution in [-0.4, -0.2) is 63.4 Å². The number of nitrogens with one attached hydrogen (secondary N) is 1. The van der Waals surface area contributed by atoms with Crippen LogP contribution in [0.25, 0.3) is 11.1 Å². The van der Waals surface area contributed by atoms with E-state index in [2.05, 4.69) is 29.6 Å². The molecule has 1 amide bonds. The quantitative estimate of drug-likeness (QED) is 0.247. The average Bonchev–Trinajstić information content (AvgIpc) is 3.30. The first kappa shape index (κ1) is 30.6. The van der Waals surface area contributed by atoms with Crippen LogP contribution in [0.1, 0.15) is 50.2 Å². The van der Waals surface area contributed by atoms with Crippen LogP contribution in [0, 0.1) is 5.92 Å². The summed E-state index contributed by atoms with van der Waals surface area (Å²) >= 11 is 0. The summed E-state index contributed by atoms with van der Waals surface area (Å²) in [7, 11) is -2.29. The Balaban J connectivity index is 1.27. The fourth-order valence-corrected chi connectivity index (χ4v) is 7.17. The zero-order chi connectivity index (χ0) is 29.4. The highest BCUT2D eigenvalue weighted by atomic mass is 32.2. The highest BCUT2D eigenvalue weighted by Crippen LogP contribution is 2.44. The number of hydrogen-bond acceptors (Lipinski definition) is 6. The van der Waals surface area contributed by atoms with E-state index in [4.69, 9.17) is 9.47 Å². The maximum atomic E-state index is 13.5. The molecule has 220 valence electrons. The number of rotatable bonds is 14. The zero-order valence-electron chi connectivity index (χ0n) is 24.0. The zero-order valence-corrected chi connectivity index (χ0v) is 24.8. The molecule has 9 heteroatoms. The molecular formula is C32H40N2O6S. The number of sulfonamides is 1. The average molecular weight is 581 g/mol. The largest absolute Gasteiger partial charge is 0.497 e. The van der Waals surface area contributed by atoms with Crippen molar-refractivity contribution in [1.29, 1.82) is 0 Å². The van der Waals surface area contributed by atoms with Gasteiger partial charge in [0.1, 0.15) is 12.4 Å². The lowest BCUT2D eigenvalue weighted by atomic mass is 9.98. The van der Waals surface area contributed by atoms with Gasteiger partial charge in [-0.15, -0.1) is 0 Å². The predicted molar refractivity (Wildman–Crippen MR) is 160 cm³/mol. The summed E-state index contributed by atoms with van der Waals surface area (Å²) in [6, 6.07) is 22.1. The normalized spacial score (nSPS) is 13.6. The summed E-state index contributed by atoms with van der Waals surface area (Å²) in [5, 5.41) is 13.0. The number of carbonyl (C=O) groups excluding carboxylic acids is 1. The highest BCUT2D eigenvalue weighted by molar-refractivity contribution is 7.89. The number of methoxy groups -OCH3 is 1. The highest BCUT2D eigenvalue weighted by Gasteiger charge is 2.32. The molecule has 0 spiro atoms. The number of aliphatic hydroxyl groups is 1. The summed E-state index contributed by atoms with van der Waals surface area (Å²) in [6.45, 7) is 4.54. The number of unbranched alkanes of at least 4 members (excludes halogenated alkanes) is 1. The Morgan fingerprint density at radius 2 is 1.56 bits per heavy atom. The van der Waals surface area contributed by atoms with Crippen molar-refractivity contribution < 1.29 is 27.8 Å². The maximum absolute atomic E-state index is 13.5. The van der Waals surface area contributed by atoms with Crippen LogP contribution in [0.2, 0.25) is 0 Å². The van der Waals surface area contributed by atoms with Gasteiger partial charge in [-0.2, -0.15) is 4.31 Å². The second-order valence-electron chi connectivity index (χ2n) is 10.7. The van der Waals surface area contributed by atoms with E-state index in [0.717, 1.165) is 11.1 Å². The molecule has 41 heavy (non-hydrogen) atoms. The van der Waals surface area contributed by atoms with Crippen molar-refractivity contribution in [2.45, 2.75) is 50.0 Å². The Hall–Kier alpha value is -3.40. The van der Waals surface area contributed by atoms with Crippen molar-refractivity contribution in [2.75, 3.05) is 33.4 Å². The van der Waals surface area contributed by atoms with Gasteiger partial charge in [0, 0.05) is 25.0 Å². The Kier molecular flexibility index (Phi) is 10.4. The van der Waals surface area contributed by atoms with E-state index in [9.17, 15) is 18.3 Å². The van der Waals surface area contributed by atoms with Gasteiger partial charge in [0.15, 0.2) is 0 Å². The van der Waals surface area contributed by atoms with E-state index < -0.39 is 22.2 Å². The molecule has 0 saturated carbocycles. The molecule has 2 N–H and O–H groups in total. The summed E-state index contributed by atoms with van der Waals surface area (Å²) in [4.78, 5) is 12.6. The van der Waals surface area contributed by atoms with E-state index >= 15 is 0 Å². The number of carbonyl (C=O) groups is 1. The van der Waals surface area contributed by atoms with Crippen molar-refractivity contribution in [1.82, 2.24) is 9.62 Å². The number of amides is 1. The van der Waals surface area contributed by atoms with E-state index in [0.29, 0.717) is 31.6 Å². The first-order valence-electron chi connectivity index (χ1n) is 14.1. The molecular weight excluding hydrogens is 540 g/mol. The van der Waals surface area contributed by atoms with Gasteiger partial charge in [-0.05, 0) is 65.3 Å². The molecule has 3 aromatic rings. The van der Waals surface area contributed by atoms with Crippen LogP contribution in [0.3, 0.4) is 0 Å². The van der Waals surface area contributed by atoms with Crippen molar-refractivity contribution in [3.05, 3.63) is 83.9 Å². The lowest BCUT2D eigenvalue weighted by Gasteiger charge is -2.31. The molecule has 1 aliphatic rings. The molecule has 0 bridgehead atoms.